The number of hydrogen-bond donors (Lipinski definition) is 0. The zero-order valence-electron chi connectivity index (χ0n) is 29.4. The van der Waals surface area contributed by atoms with Crippen LogP contribution < -0.4 is 9.80 Å². The second-order valence-electron chi connectivity index (χ2n) is 13.3. The van der Waals surface area contributed by atoms with Gasteiger partial charge in [-0.25, -0.2) is 0 Å². The van der Waals surface area contributed by atoms with Crippen LogP contribution in [0.2, 0.25) is 0 Å². The predicted octanol–water partition coefficient (Wildman–Crippen LogP) is 14.4. The van der Waals surface area contributed by atoms with Gasteiger partial charge in [0, 0.05) is 33.5 Å². The van der Waals surface area contributed by atoms with Crippen LogP contribution in [-0.4, -0.2) is 0 Å². The molecule has 9 rings (SSSR count). The van der Waals surface area contributed by atoms with Crippen LogP contribution in [0, 0.1) is 0 Å². The van der Waals surface area contributed by atoms with E-state index in [1.54, 1.807) is 0 Å². The molecule has 0 saturated heterocycles. The van der Waals surface area contributed by atoms with E-state index in [-0.39, 0.29) is 0 Å². The van der Waals surface area contributed by atoms with Crippen molar-refractivity contribution in [3.05, 3.63) is 230 Å². The molecule has 0 unspecified atom stereocenters. The Morgan fingerprint density at radius 2 is 0.660 bits per heavy atom. The molecule has 0 N–H and O–H groups in total. The van der Waals surface area contributed by atoms with Crippen molar-refractivity contribution >= 4 is 66.8 Å². The standard InChI is InChI=1S/C51H38N2/c1-3-20-44(21-4-1)52(50-26-12-18-42-14-7-9-24-48(42)50)46-34-30-40(31-35-46)38-16-11-17-39(29-28-38)41-32-36-47(37-33-41)53(45-22-5-2-6-23-45)51-27-13-19-43-15-8-10-25-49(43)51/h1-10,12-37H,11H2. The predicted molar refractivity (Wildman–Crippen MR) is 227 cm³/mol. The molecular weight excluding hydrogens is 641 g/mol. The summed E-state index contributed by atoms with van der Waals surface area (Å²) in [6, 6.07) is 69.5. The van der Waals surface area contributed by atoms with Crippen molar-refractivity contribution < 1.29 is 0 Å². The highest BCUT2D eigenvalue weighted by Gasteiger charge is 2.17. The van der Waals surface area contributed by atoms with Crippen molar-refractivity contribution in [3.63, 3.8) is 0 Å². The van der Waals surface area contributed by atoms with Crippen molar-refractivity contribution in [2.45, 2.75) is 6.42 Å². The van der Waals surface area contributed by atoms with E-state index >= 15 is 0 Å². The van der Waals surface area contributed by atoms with E-state index in [9.17, 15) is 0 Å². The van der Waals surface area contributed by atoms with Crippen molar-refractivity contribution in [2.24, 2.45) is 0 Å². The highest BCUT2D eigenvalue weighted by atomic mass is 15.1. The van der Waals surface area contributed by atoms with Crippen LogP contribution >= 0.6 is 0 Å². The first-order chi connectivity index (χ1) is 26.3. The molecule has 2 heteroatoms. The minimum Gasteiger partial charge on any atom is -0.310 e. The molecule has 8 aromatic carbocycles. The summed E-state index contributed by atoms with van der Waals surface area (Å²) in [7, 11) is 0. The highest BCUT2D eigenvalue weighted by Crippen LogP contribution is 2.41. The van der Waals surface area contributed by atoms with E-state index in [0.29, 0.717) is 0 Å². The van der Waals surface area contributed by atoms with Crippen LogP contribution in [0.5, 0.6) is 0 Å². The minimum absolute atomic E-state index is 0.861. The molecule has 0 aromatic heterocycles. The molecule has 0 aliphatic heterocycles. The Labute approximate surface area is 311 Å². The number of benzene rings is 8. The average Bonchev–Trinajstić information content (AvgIpc) is 3.49. The zero-order chi connectivity index (χ0) is 35.4. The van der Waals surface area contributed by atoms with Crippen molar-refractivity contribution in [2.75, 3.05) is 9.80 Å². The van der Waals surface area contributed by atoms with Gasteiger partial charge in [0.1, 0.15) is 0 Å². The average molecular weight is 679 g/mol. The van der Waals surface area contributed by atoms with E-state index < -0.39 is 0 Å². The Balaban J connectivity index is 0.984. The fraction of sp³-hybridized carbons (Fsp3) is 0.0196. The van der Waals surface area contributed by atoms with Crippen LogP contribution in [0.1, 0.15) is 17.5 Å². The van der Waals surface area contributed by atoms with Crippen LogP contribution in [0.15, 0.2) is 218 Å². The molecule has 0 saturated carbocycles. The monoisotopic (exact) mass is 678 g/mol. The zero-order valence-corrected chi connectivity index (χ0v) is 29.4. The summed E-state index contributed by atoms with van der Waals surface area (Å²) >= 11 is 0. The van der Waals surface area contributed by atoms with Gasteiger partial charge in [0.15, 0.2) is 0 Å². The quantitative estimate of drug-likeness (QED) is 0.158. The number of fused-ring (bicyclic) bond motifs is 2. The molecule has 53 heavy (non-hydrogen) atoms. The lowest BCUT2D eigenvalue weighted by Gasteiger charge is -2.27. The Bertz CT molecular complexity index is 2420. The Hall–Kier alpha value is -6.90. The highest BCUT2D eigenvalue weighted by molar-refractivity contribution is 6.00. The lowest BCUT2D eigenvalue weighted by atomic mass is 10.0. The van der Waals surface area contributed by atoms with Gasteiger partial charge in [-0.2, -0.15) is 0 Å². The molecule has 0 atom stereocenters. The first-order valence-electron chi connectivity index (χ1n) is 18.3. The van der Waals surface area contributed by atoms with Crippen molar-refractivity contribution in [1.29, 1.82) is 0 Å². The number of anilines is 6. The first kappa shape index (κ1) is 32.0. The molecule has 1 aliphatic rings. The van der Waals surface area contributed by atoms with Crippen molar-refractivity contribution in [3.8, 4) is 0 Å². The van der Waals surface area contributed by atoms with E-state index in [0.717, 1.165) is 29.2 Å². The fourth-order valence-corrected chi connectivity index (χ4v) is 7.48. The van der Waals surface area contributed by atoms with Gasteiger partial charge >= 0.3 is 0 Å². The SMILES string of the molecule is C1=CC(c2ccc(N(c3ccccc3)c3cccc4ccccc34)cc2)=CCC=C1c1ccc(N(c2ccccc2)c2cccc3ccccc23)cc1. The third-order valence-corrected chi connectivity index (χ3v) is 10.1. The minimum atomic E-state index is 0.861. The van der Waals surface area contributed by atoms with Crippen LogP contribution in [0.3, 0.4) is 0 Å². The molecule has 2 nitrogen and oxygen atoms in total. The summed E-state index contributed by atoms with van der Waals surface area (Å²) in [5, 5.41) is 4.91. The molecule has 0 radical (unpaired) electrons. The van der Waals surface area contributed by atoms with Crippen LogP contribution in [0.25, 0.3) is 32.7 Å². The summed E-state index contributed by atoms with van der Waals surface area (Å²) in [5.74, 6) is 0. The third kappa shape index (κ3) is 6.44. The largest absolute Gasteiger partial charge is 0.310 e. The molecule has 1 aliphatic carbocycles. The van der Waals surface area contributed by atoms with Gasteiger partial charge in [-0.15, -0.1) is 0 Å². The van der Waals surface area contributed by atoms with E-state index in [4.69, 9.17) is 0 Å². The normalized spacial score (nSPS) is 12.6. The van der Waals surface area contributed by atoms with E-state index in [1.165, 1.54) is 55.2 Å². The summed E-state index contributed by atoms with van der Waals surface area (Å²) < 4.78 is 0. The number of hydrogen-bond acceptors (Lipinski definition) is 2. The molecule has 0 heterocycles. The van der Waals surface area contributed by atoms with Crippen LogP contribution in [0.4, 0.5) is 34.1 Å². The Morgan fingerprint density at radius 1 is 0.302 bits per heavy atom. The molecule has 252 valence electrons. The molecule has 0 bridgehead atoms. The third-order valence-electron chi connectivity index (χ3n) is 10.1. The molecule has 0 amide bonds. The fourth-order valence-electron chi connectivity index (χ4n) is 7.48. The smallest absolute Gasteiger partial charge is 0.0540 e. The molecule has 8 aromatic rings. The Morgan fingerprint density at radius 3 is 1.09 bits per heavy atom. The second-order valence-corrected chi connectivity index (χ2v) is 13.3. The summed E-state index contributed by atoms with van der Waals surface area (Å²) in [5.41, 5.74) is 11.7. The van der Waals surface area contributed by atoms with E-state index in [1.807, 2.05) is 0 Å². The van der Waals surface area contributed by atoms with Gasteiger partial charge in [0.05, 0.1) is 11.4 Å². The molecule has 0 spiro atoms. The van der Waals surface area contributed by atoms with Gasteiger partial charge in [0.2, 0.25) is 0 Å². The van der Waals surface area contributed by atoms with Crippen molar-refractivity contribution in [1.82, 2.24) is 0 Å². The van der Waals surface area contributed by atoms with Crippen LogP contribution in [-0.2, 0) is 0 Å². The van der Waals surface area contributed by atoms with E-state index in [2.05, 4.69) is 228 Å². The summed E-state index contributed by atoms with van der Waals surface area (Å²) in [6.07, 6.45) is 10.0. The lowest BCUT2D eigenvalue weighted by Crippen LogP contribution is -2.10. The number of rotatable bonds is 8. The lowest BCUT2D eigenvalue weighted by molar-refractivity contribution is 1.29. The maximum Gasteiger partial charge on any atom is 0.0540 e. The number of nitrogens with zero attached hydrogens (tertiary/aromatic N) is 2. The van der Waals surface area contributed by atoms with Gasteiger partial charge in [0.25, 0.3) is 0 Å². The Kier molecular flexibility index (Phi) is 8.69. The molecular formula is C51H38N2. The topological polar surface area (TPSA) is 6.48 Å². The first-order valence-corrected chi connectivity index (χ1v) is 18.3. The second kappa shape index (κ2) is 14.4. The summed E-state index contributed by atoms with van der Waals surface area (Å²) in [6.45, 7) is 0. The van der Waals surface area contributed by atoms with Gasteiger partial charge in [-0.3, -0.25) is 0 Å². The number of para-hydroxylation sites is 2. The molecule has 0 fully saturated rings. The summed E-state index contributed by atoms with van der Waals surface area (Å²) in [4.78, 5) is 4.71. The van der Waals surface area contributed by atoms with Gasteiger partial charge in [-0.05, 0) is 100 Å². The van der Waals surface area contributed by atoms with Gasteiger partial charge < -0.3 is 9.80 Å². The number of allylic oxidation sites excluding steroid dienone is 6. The maximum absolute atomic E-state index is 2.35. The maximum atomic E-state index is 2.35. The van der Waals surface area contributed by atoms with Gasteiger partial charge in [-0.1, -0.05) is 158 Å².